The Morgan fingerprint density at radius 3 is 2.79 bits per heavy atom. The average Bonchev–Trinajstić information content (AvgIpc) is 2.72. The molecule has 1 aromatic rings. The maximum atomic E-state index is 11.9. The summed E-state index contributed by atoms with van der Waals surface area (Å²) in [7, 11) is 0. The molecule has 1 aliphatic rings. The van der Waals surface area contributed by atoms with Crippen molar-refractivity contribution in [2.75, 3.05) is 0 Å². The Balaban J connectivity index is 1.99. The maximum absolute atomic E-state index is 11.9. The lowest BCUT2D eigenvalue weighted by Gasteiger charge is -2.24. The smallest absolute Gasteiger partial charge is 0.327 e. The summed E-state index contributed by atoms with van der Waals surface area (Å²) in [5.41, 5.74) is 1.10. The zero-order chi connectivity index (χ0) is 13.7. The van der Waals surface area contributed by atoms with Crippen molar-refractivity contribution < 1.29 is 14.7 Å². The summed E-state index contributed by atoms with van der Waals surface area (Å²) in [5, 5.41) is 8.57. The molecule has 0 radical (unpaired) electrons. The molecule has 1 aromatic carbocycles. The molecule has 0 aliphatic carbocycles. The number of hydrogen-bond donors (Lipinski definition) is 1. The molecule has 1 N–H and O–H groups in total. The normalized spacial score (nSPS) is 19.3. The van der Waals surface area contributed by atoms with Gasteiger partial charge < -0.3 is 10.0 Å². The van der Waals surface area contributed by atoms with Crippen LogP contribution in [0, 0.1) is 0 Å². The minimum Gasteiger partial charge on any atom is -0.478 e. The lowest BCUT2D eigenvalue weighted by atomic mass is 10.1. The number of rotatable bonds is 5. The Hall–Kier alpha value is -2.10. The van der Waals surface area contributed by atoms with Crippen LogP contribution >= 0.6 is 0 Å². The van der Waals surface area contributed by atoms with E-state index in [-0.39, 0.29) is 11.9 Å². The van der Waals surface area contributed by atoms with E-state index in [9.17, 15) is 9.59 Å². The van der Waals surface area contributed by atoms with Crippen molar-refractivity contribution >= 4 is 11.9 Å². The van der Waals surface area contributed by atoms with Crippen LogP contribution in [0.1, 0.15) is 24.8 Å². The van der Waals surface area contributed by atoms with Gasteiger partial charge in [0, 0.05) is 25.1 Å². The highest BCUT2D eigenvalue weighted by molar-refractivity contribution is 5.80. The number of carboxylic acids is 1. The van der Waals surface area contributed by atoms with Crippen molar-refractivity contribution in [3.8, 4) is 0 Å². The van der Waals surface area contributed by atoms with Crippen molar-refractivity contribution in [3.63, 3.8) is 0 Å². The van der Waals surface area contributed by atoms with Gasteiger partial charge in [-0.2, -0.15) is 0 Å². The lowest BCUT2D eigenvalue weighted by molar-refractivity contribution is -0.131. The van der Waals surface area contributed by atoms with Gasteiger partial charge in [-0.3, -0.25) is 4.79 Å². The summed E-state index contributed by atoms with van der Waals surface area (Å²) in [6.07, 6.45) is 4.73. The molecule has 1 saturated heterocycles. The van der Waals surface area contributed by atoms with Gasteiger partial charge in [-0.15, -0.1) is 0 Å². The van der Waals surface area contributed by atoms with Gasteiger partial charge in [0.25, 0.3) is 0 Å². The number of carboxylic acid groups (broad SMARTS) is 1. The van der Waals surface area contributed by atoms with Crippen LogP contribution in [0.3, 0.4) is 0 Å². The molecule has 0 saturated carbocycles. The molecular weight excluding hydrogens is 242 g/mol. The molecule has 19 heavy (non-hydrogen) atoms. The van der Waals surface area contributed by atoms with E-state index in [1.165, 1.54) is 0 Å². The van der Waals surface area contributed by atoms with Gasteiger partial charge in [0.1, 0.15) is 0 Å². The zero-order valence-electron chi connectivity index (χ0n) is 10.7. The first-order valence-corrected chi connectivity index (χ1v) is 6.39. The van der Waals surface area contributed by atoms with Gasteiger partial charge in [0.2, 0.25) is 5.91 Å². The molecule has 1 heterocycles. The van der Waals surface area contributed by atoms with Gasteiger partial charge in [-0.25, -0.2) is 4.79 Å². The summed E-state index contributed by atoms with van der Waals surface area (Å²) in [6.45, 7) is 0.602. The van der Waals surface area contributed by atoms with Crippen molar-refractivity contribution in [1.29, 1.82) is 0 Å². The number of hydrogen-bond acceptors (Lipinski definition) is 2. The van der Waals surface area contributed by atoms with Crippen LogP contribution in [0.2, 0.25) is 0 Å². The molecule has 0 spiro atoms. The van der Waals surface area contributed by atoms with Gasteiger partial charge in [-0.1, -0.05) is 36.4 Å². The van der Waals surface area contributed by atoms with E-state index in [4.69, 9.17) is 5.11 Å². The van der Waals surface area contributed by atoms with Crippen LogP contribution in [0.5, 0.6) is 0 Å². The second-order valence-corrected chi connectivity index (χ2v) is 4.68. The number of aliphatic carboxylic acids is 1. The van der Waals surface area contributed by atoms with Crippen molar-refractivity contribution in [1.82, 2.24) is 4.90 Å². The second kappa shape index (κ2) is 6.18. The molecule has 0 aromatic heterocycles. The molecule has 100 valence electrons. The van der Waals surface area contributed by atoms with E-state index in [0.717, 1.165) is 18.1 Å². The SMILES string of the molecule is O=C(O)/C=C/C[C@H]1CCC(=O)N1Cc1ccccc1. The van der Waals surface area contributed by atoms with E-state index in [0.29, 0.717) is 19.4 Å². The number of benzene rings is 1. The molecule has 1 aliphatic heterocycles. The average molecular weight is 259 g/mol. The van der Waals surface area contributed by atoms with Crippen LogP contribution < -0.4 is 0 Å². The largest absolute Gasteiger partial charge is 0.478 e. The van der Waals surface area contributed by atoms with E-state index < -0.39 is 5.97 Å². The third-order valence-corrected chi connectivity index (χ3v) is 3.32. The van der Waals surface area contributed by atoms with Gasteiger partial charge in [0.05, 0.1) is 0 Å². The fraction of sp³-hybridized carbons (Fsp3) is 0.333. The van der Waals surface area contributed by atoms with Crippen molar-refractivity contribution in [2.24, 2.45) is 0 Å². The minimum atomic E-state index is -0.945. The second-order valence-electron chi connectivity index (χ2n) is 4.68. The van der Waals surface area contributed by atoms with Gasteiger partial charge >= 0.3 is 5.97 Å². The molecule has 2 rings (SSSR count). The Kier molecular flexibility index (Phi) is 4.34. The highest BCUT2D eigenvalue weighted by Crippen LogP contribution is 2.24. The van der Waals surface area contributed by atoms with Crippen LogP contribution in [0.15, 0.2) is 42.5 Å². The van der Waals surface area contributed by atoms with Crippen LogP contribution in [-0.4, -0.2) is 27.9 Å². The molecule has 1 amide bonds. The van der Waals surface area contributed by atoms with Gasteiger partial charge in [0.15, 0.2) is 0 Å². The Labute approximate surface area is 112 Å². The third kappa shape index (κ3) is 3.68. The summed E-state index contributed by atoms with van der Waals surface area (Å²) in [5.74, 6) is -0.795. The fourth-order valence-corrected chi connectivity index (χ4v) is 2.36. The lowest BCUT2D eigenvalue weighted by Crippen LogP contribution is -2.32. The molecule has 1 fully saturated rings. The number of amides is 1. The van der Waals surface area contributed by atoms with Crippen LogP contribution in [0.25, 0.3) is 0 Å². The number of likely N-dealkylation sites (tertiary alicyclic amines) is 1. The number of carbonyl (C=O) groups is 2. The molecular formula is C15H17NO3. The molecule has 4 nitrogen and oxygen atoms in total. The molecule has 0 bridgehead atoms. The monoisotopic (exact) mass is 259 g/mol. The van der Waals surface area contributed by atoms with Crippen LogP contribution in [0.4, 0.5) is 0 Å². The predicted molar refractivity (Wildman–Crippen MR) is 71.4 cm³/mol. The summed E-state index contributed by atoms with van der Waals surface area (Å²) in [4.78, 5) is 24.2. The Morgan fingerprint density at radius 2 is 2.11 bits per heavy atom. The zero-order valence-corrected chi connectivity index (χ0v) is 10.7. The Bertz CT molecular complexity index is 481. The topological polar surface area (TPSA) is 57.6 Å². The first-order chi connectivity index (χ1) is 9.16. The third-order valence-electron chi connectivity index (χ3n) is 3.32. The maximum Gasteiger partial charge on any atom is 0.327 e. The molecule has 1 atom stereocenters. The van der Waals surface area contributed by atoms with Gasteiger partial charge in [-0.05, 0) is 18.4 Å². The highest BCUT2D eigenvalue weighted by Gasteiger charge is 2.29. The van der Waals surface area contributed by atoms with E-state index in [1.807, 2.05) is 35.2 Å². The highest BCUT2D eigenvalue weighted by atomic mass is 16.4. The molecule has 4 heteroatoms. The van der Waals surface area contributed by atoms with E-state index in [2.05, 4.69) is 0 Å². The first-order valence-electron chi connectivity index (χ1n) is 6.39. The first kappa shape index (κ1) is 13.3. The fourth-order valence-electron chi connectivity index (χ4n) is 2.36. The molecule has 0 unspecified atom stereocenters. The van der Waals surface area contributed by atoms with E-state index in [1.54, 1.807) is 6.08 Å². The quantitative estimate of drug-likeness (QED) is 0.825. The van der Waals surface area contributed by atoms with Crippen molar-refractivity contribution in [2.45, 2.75) is 31.8 Å². The summed E-state index contributed by atoms with van der Waals surface area (Å²) in [6, 6.07) is 9.96. The Morgan fingerprint density at radius 1 is 1.37 bits per heavy atom. The van der Waals surface area contributed by atoms with Crippen molar-refractivity contribution in [3.05, 3.63) is 48.0 Å². The summed E-state index contributed by atoms with van der Waals surface area (Å²) >= 11 is 0. The number of carbonyl (C=O) groups excluding carboxylic acids is 1. The number of nitrogens with zero attached hydrogens (tertiary/aromatic N) is 1. The minimum absolute atomic E-state index is 0.114. The van der Waals surface area contributed by atoms with E-state index >= 15 is 0 Å². The standard InChI is InChI=1S/C15H17NO3/c17-14-10-9-13(7-4-8-15(18)19)16(14)11-12-5-2-1-3-6-12/h1-6,8,13H,7,9-11H2,(H,18,19)/b8-4+/t13-/m0/s1. The summed E-state index contributed by atoms with van der Waals surface area (Å²) < 4.78 is 0. The van der Waals surface area contributed by atoms with Crippen LogP contribution in [-0.2, 0) is 16.1 Å². The predicted octanol–water partition coefficient (Wildman–Crippen LogP) is 2.21.